The molecule has 3 N–H and O–H groups in total. The molecule has 194 valence electrons. The highest BCUT2D eigenvalue weighted by molar-refractivity contribution is 5.85. The number of carbonyl (C=O) groups is 3. The summed E-state index contributed by atoms with van der Waals surface area (Å²) in [4.78, 5) is 33.9. The van der Waals surface area contributed by atoms with Gasteiger partial charge in [-0.1, -0.05) is 81.5 Å². The number of ether oxygens (including phenoxy) is 2. The quantitative estimate of drug-likeness (QED) is 0.322. The Bertz CT molecular complexity index is 757. The van der Waals surface area contributed by atoms with Crippen molar-refractivity contribution in [1.29, 1.82) is 0 Å². The van der Waals surface area contributed by atoms with Gasteiger partial charge in [0.2, 0.25) is 0 Å². The number of carboxylic acids is 1. The van der Waals surface area contributed by atoms with E-state index in [1.807, 2.05) is 6.07 Å². The number of hydrogen-bond donors (Lipinski definition) is 3. The summed E-state index contributed by atoms with van der Waals surface area (Å²) in [7, 11) is 0. The lowest BCUT2D eigenvalue weighted by atomic mass is 9.91. The second-order valence-corrected chi connectivity index (χ2v) is 9.11. The molecule has 1 atom stereocenters. The fourth-order valence-corrected chi connectivity index (χ4v) is 4.36. The van der Waals surface area contributed by atoms with Crippen LogP contribution in [0.5, 0.6) is 0 Å². The maximum Gasteiger partial charge on any atom is 0.408 e. The van der Waals surface area contributed by atoms with Gasteiger partial charge in [0.1, 0.15) is 19.3 Å². The summed E-state index contributed by atoms with van der Waals surface area (Å²) in [5.41, 5.74) is 0.759. The van der Waals surface area contributed by atoms with Crippen LogP contribution in [0.2, 0.25) is 0 Å². The molecule has 0 spiro atoms. The van der Waals surface area contributed by atoms with Crippen LogP contribution in [0.1, 0.15) is 76.2 Å². The Labute approximate surface area is 208 Å². The molecule has 0 saturated heterocycles. The molecule has 2 aliphatic carbocycles. The Kier molecular flexibility index (Phi) is 13.5. The first-order chi connectivity index (χ1) is 17.0. The molecule has 1 amide bonds. The van der Waals surface area contributed by atoms with E-state index in [-0.39, 0.29) is 13.2 Å². The summed E-state index contributed by atoms with van der Waals surface area (Å²) in [5.74, 6) is -2.11. The van der Waals surface area contributed by atoms with Crippen LogP contribution in [-0.4, -0.2) is 47.9 Å². The van der Waals surface area contributed by atoms with Crippen molar-refractivity contribution in [3.8, 4) is 0 Å². The van der Waals surface area contributed by atoms with Crippen LogP contribution in [0.25, 0.3) is 0 Å². The number of carboxylic acid groups (broad SMARTS) is 1. The first-order valence-electron chi connectivity index (χ1n) is 12.7. The molecule has 35 heavy (non-hydrogen) atoms. The maximum atomic E-state index is 11.6. The lowest BCUT2D eigenvalue weighted by molar-refractivity contribution is -0.148. The van der Waals surface area contributed by atoms with E-state index in [4.69, 9.17) is 9.84 Å². The monoisotopic (exact) mass is 488 g/mol. The third-order valence-electron chi connectivity index (χ3n) is 6.22. The van der Waals surface area contributed by atoms with Crippen molar-refractivity contribution in [2.45, 2.75) is 95.4 Å². The minimum absolute atomic E-state index is 0.0000764. The first-order valence-corrected chi connectivity index (χ1v) is 12.7. The summed E-state index contributed by atoms with van der Waals surface area (Å²) in [5, 5.41) is 14.9. The normalized spacial score (nSPS) is 17.3. The van der Waals surface area contributed by atoms with Gasteiger partial charge >= 0.3 is 18.0 Å². The third kappa shape index (κ3) is 12.4. The van der Waals surface area contributed by atoms with Crippen molar-refractivity contribution < 1.29 is 29.0 Å². The molecule has 0 bridgehead atoms. The molecule has 0 radical (unpaired) electrons. The number of nitrogens with one attached hydrogen (secondary N) is 2. The fraction of sp³-hybridized carbons (Fsp3) is 0.593. The van der Waals surface area contributed by atoms with Crippen LogP contribution in [0.3, 0.4) is 0 Å². The van der Waals surface area contributed by atoms with Crippen molar-refractivity contribution in [2.75, 3.05) is 6.61 Å². The number of amides is 1. The van der Waals surface area contributed by atoms with E-state index in [0.717, 1.165) is 17.6 Å². The van der Waals surface area contributed by atoms with Crippen LogP contribution in [0.15, 0.2) is 43.0 Å². The zero-order valence-electron chi connectivity index (χ0n) is 20.6. The van der Waals surface area contributed by atoms with E-state index in [1.165, 1.54) is 70.3 Å². The van der Waals surface area contributed by atoms with Gasteiger partial charge in [0.15, 0.2) is 0 Å². The first kappa shape index (κ1) is 28.4. The molecular formula is C27H40N2O6. The summed E-state index contributed by atoms with van der Waals surface area (Å²) in [6.45, 7) is 3.34. The average Bonchev–Trinajstić information content (AvgIpc) is 2.88. The summed E-state index contributed by atoms with van der Waals surface area (Å²) in [6.07, 6.45) is 14.5. The molecule has 0 heterocycles. The predicted octanol–water partition coefficient (Wildman–Crippen LogP) is 4.73. The van der Waals surface area contributed by atoms with Gasteiger partial charge in [-0.05, 0) is 31.2 Å². The highest BCUT2D eigenvalue weighted by atomic mass is 16.5. The number of alkyl carbamates (subject to hydrolysis) is 1. The molecular weight excluding hydrogens is 448 g/mol. The zero-order valence-corrected chi connectivity index (χ0v) is 20.6. The van der Waals surface area contributed by atoms with Crippen molar-refractivity contribution in [2.24, 2.45) is 0 Å². The predicted molar refractivity (Wildman–Crippen MR) is 134 cm³/mol. The molecule has 1 aromatic rings. The lowest BCUT2D eigenvalue weighted by Gasteiger charge is -2.30. The summed E-state index contributed by atoms with van der Waals surface area (Å²) >= 11 is 0. The van der Waals surface area contributed by atoms with E-state index < -0.39 is 30.5 Å². The Hall–Kier alpha value is -2.87. The summed E-state index contributed by atoms with van der Waals surface area (Å²) in [6, 6.07) is 9.23. The topological polar surface area (TPSA) is 114 Å². The Morgan fingerprint density at radius 3 is 2.03 bits per heavy atom. The lowest BCUT2D eigenvalue weighted by Crippen LogP contribution is -2.42. The van der Waals surface area contributed by atoms with Gasteiger partial charge in [-0.2, -0.15) is 0 Å². The van der Waals surface area contributed by atoms with E-state index in [1.54, 1.807) is 24.3 Å². The highest BCUT2D eigenvalue weighted by Crippen LogP contribution is 2.22. The van der Waals surface area contributed by atoms with Crippen molar-refractivity contribution in [1.82, 2.24) is 10.6 Å². The molecule has 0 unspecified atom stereocenters. The van der Waals surface area contributed by atoms with Gasteiger partial charge in [-0.15, -0.1) is 0 Å². The smallest absolute Gasteiger partial charge is 0.408 e. The molecule has 2 aliphatic rings. The molecule has 2 fully saturated rings. The number of rotatable bonds is 10. The number of aliphatic carboxylic acids is 1. The molecule has 1 aromatic carbocycles. The van der Waals surface area contributed by atoms with Crippen molar-refractivity contribution >= 4 is 18.0 Å². The number of benzene rings is 1. The number of esters is 1. The van der Waals surface area contributed by atoms with Crippen LogP contribution in [-0.2, 0) is 25.7 Å². The average molecular weight is 489 g/mol. The molecule has 0 aromatic heterocycles. The van der Waals surface area contributed by atoms with Gasteiger partial charge in [0.05, 0.1) is 6.42 Å². The Morgan fingerprint density at radius 1 is 0.943 bits per heavy atom. The molecule has 3 rings (SSSR count). The van der Waals surface area contributed by atoms with E-state index in [0.29, 0.717) is 0 Å². The molecule has 8 nitrogen and oxygen atoms in total. The number of hydrogen-bond acceptors (Lipinski definition) is 6. The largest absolute Gasteiger partial charge is 0.480 e. The zero-order chi connectivity index (χ0) is 25.3. The minimum Gasteiger partial charge on any atom is -0.480 e. The van der Waals surface area contributed by atoms with Crippen molar-refractivity contribution in [3.63, 3.8) is 0 Å². The van der Waals surface area contributed by atoms with Crippen LogP contribution < -0.4 is 10.6 Å². The van der Waals surface area contributed by atoms with Gasteiger partial charge in [0, 0.05) is 12.1 Å². The highest BCUT2D eigenvalue weighted by Gasteiger charge is 2.24. The second kappa shape index (κ2) is 16.7. The fourth-order valence-electron chi connectivity index (χ4n) is 4.36. The van der Waals surface area contributed by atoms with E-state index in [2.05, 4.69) is 21.9 Å². The molecule has 2 saturated carbocycles. The SMILES string of the molecule is C1CCC(NC2CCCCC2)CC1.C=CCOC(=O)C[C@@H](NC(=O)OCc1ccccc1)C(=O)O. The van der Waals surface area contributed by atoms with Gasteiger partial charge in [-0.3, -0.25) is 4.79 Å². The molecule has 0 aliphatic heterocycles. The van der Waals surface area contributed by atoms with Crippen LogP contribution in [0, 0.1) is 0 Å². The van der Waals surface area contributed by atoms with E-state index in [9.17, 15) is 14.4 Å². The maximum absolute atomic E-state index is 11.6. The third-order valence-corrected chi connectivity index (χ3v) is 6.22. The van der Waals surface area contributed by atoms with Gasteiger partial charge in [0.25, 0.3) is 0 Å². The van der Waals surface area contributed by atoms with Crippen LogP contribution in [0.4, 0.5) is 4.79 Å². The second-order valence-electron chi connectivity index (χ2n) is 9.11. The number of carbonyl (C=O) groups excluding carboxylic acids is 2. The minimum atomic E-state index is -1.42. The van der Waals surface area contributed by atoms with E-state index >= 15 is 0 Å². The summed E-state index contributed by atoms with van der Waals surface area (Å²) < 4.78 is 9.56. The standard InChI is InChI=1S/C15H17NO6.C12H23N/c1-2-8-21-13(17)9-12(14(18)19)16-15(20)22-10-11-6-4-3-5-7-11;1-3-7-11(8-4-1)13-12-9-5-2-6-10-12/h2-7,12H,1,8-10H2,(H,16,20)(H,18,19);11-13H,1-10H2/t12-;/m1./s1. The Balaban J connectivity index is 0.000000279. The Morgan fingerprint density at radius 2 is 1.51 bits per heavy atom. The van der Waals surface area contributed by atoms with Gasteiger partial charge in [-0.25, -0.2) is 9.59 Å². The van der Waals surface area contributed by atoms with Crippen LogP contribution >= 0.6 is 0 Å². The van der Waals surface area contributed by atoms with Gasteiger partial charge < -0.3 is 25.2 Å². The molecule has 8 heteroatoms. The van der Waals surface area contributed by atoms with Crippen molar-refractivity contribution in [3.05, 3.63) is 48.6 Å².